The van der Waals surface area contributed by atoms with Crippen LogP contribution in [0.15, 0.2) is 60.7 Å². The first-order chi connectivity index (χ1) is 14.9. The van der Waals surface area contributed by atoms with Gasteiger partial charge in [0.2, 0.25) is 0 Å². The van der Waals surface area contributed by atoms with Gasteiger partial charge in [-0.1, -0.05) is 151 Å². The van der Waals surface area contributed by atoms with E-state index in [2.05, 4.69) is 67.6 Å². The van der Waals surface area contributed by atoms with Crippen LogP contribution in [0.2, 0.25) is 0 Å². The van der Waals surface area contributed by atoms with Crippen LogP contribution in [0.25, 0.3) is 0 Å². The molecule has 0 aliphatic heterocycles. The van der Waals surface area contributed by atoms with Gasteiger partial charge in [-0.15, -0.1) is 0 Å². The van der Waals surface area contributed by atoms with Crippen molar-refractivity contribution in [2.24, 2.45) is 0 Å². The largest absolute Gasteiger partial charge is 0.369 e. The standard InChI is InChI=1S/C29H44O/c1-2-3-4-5-6-7-8-9-10-11-12-13-14-21-26-30-29(27-22-17-15-18-23-27)28-24-19-16-20-25-28/h15-20,22-25,29H,2-14,21,26H2,1H3. The molecule has 0 heterocycles. The van der Waals surface area contributed by atoms with Gasteiger partial charge in [-0.3, -0.25) is 0 Å². The Labute approximate surface area is 186 Å². The average molecular weight is 409 g/mol. The van der Waals surface area contributed by atoms with E-state index in [4.69, 9.17) is 4.74 Å². The molecule has 0 aliphatic rings. The van der Waals surface area contributed by atoms with E-state index in [1.165, 1.54) is 94.6 Å². The molecule has 0 saturated carbocycles. The van der Waals surface area contributed by atoms with Crippen LogP contribution in [0, 0.1) is 0 Å². The van der Waals surface area contributed by atoms with E-state index < -0.39 is 0 Å². The van der Waals surface area contributed by atoms with Crippen LogP contribution in [0.4, 0.5) is 0 Å². The van der Waals surface area contributed by atoms with Gasteiger partial charge in [-0.05, 0) is 17.5 Å². The van der Waals surface area contributed by atoms with E-state index in [1.807, 2.05) is 0 Å². The third-order valence-electron chi connectivity index (χ3n) is 5.99. The molecule has 2 aromatic rings. The smallest absolute Gasteiger partial charge is 0.108 e. The van der Waals surface area contributed by atoms with Gasteiger partial charge in [-0.2, -0.15) is 0 Å². The molecule has 0 aliphatic carbocycles. The SMILES string of the molecule is CCCCCCCCCCCCCCCCOC(c1ccccc1)c1ccccc1. The van der Waals surface area contributed by atoms with Crippen molar-refractivity contribution in [3.8, 4) is 0 Å². The van der Waals surface area contributed by atoms with E-state index >= 15 is 0 Å². The van der Waals surface area contributed by atoms with Crippen LogP contribution >= 0.6 is 0 Å². The summed E-state index contributed by atoms with van der Waals surface area (Å²) in [5.74, 6) is 0. The minimum Gasteiger partial charge on any atom is -0.369 e. The molecule has 2 rings (SSSR count). The number of unbranched alkanes of at least 4 members (excludes halogenated alkanes) is 13. The second-order valence-electron chi connectivity index (χ2n) is 8.67. The summed E-state index contributed by atoms with van der Waals surface area (Å²) >= 11 is 0. The Hall–Kier alpha value is -1.60. The summed E-state index contributed by atoms with van der Waals surface area (Å²) in [7, 11) is 0. The lowest BCUT2D eigenvalue weighted by Crippen LogP contribution is -2.07. The first-order valence-corrected chi connectivity index (χ1v) is 12.6. The Kier molecular flexibility index (Phi) is 14.1. The Morgan fingerprint density at radius 3 is 1.27 bits per heavy atom. The molecule has 1 nitrogen and oxygen atoms in total. The van der Waals surface area contributed by atoms with Crippen LogP contribution in [0.1, 0.15) is 114 Å². The quantitative estimate of drug-likeness (QED) is 0.223. The molecule has 2 aromatic carbocycles. The van der Waals surface area contributed by atoms with Crippen molar-refractivity contribution in [3.05, 3.63) is 71.8 Å². The van der Waals surface area contributed by atoms with Gasteiger partial charge in [-0.25, -0.2) is 0 Å². The maximum atomic E-state index is 6.32. The lowest BCUT2D eigenvalue weighted by atomic mass is 10.0. The first kappa shape index (κ1) is 24.7. The van der Waals surface area contributed by atoms with Crippen LogP contribution < -0.4 is 0 Å². The number of hydrogen-bond acceptors (Lipinski definition) is 1. The Bertz CT molecular complexity index is 567. The molecule has 0 N–H and O–H groups in total. The molecule has 0 saturated heterocycles. The summed E-state index contributed by atoms with van der Waals surface area (Å²) in [6.07, 6.45) is 19.5. The molecule has 0 fully saturated rings. The minimum atomic E-state index is 0.0503. The predicted molar refractivity (Wildman–Crippen MR) is 131 cm³/mol. The molecule has 1 heteroatoms. The zero-order valence-corrected chi connectivity index (χ0v) is 19.4. The fourth-order valence-electron chi connectivity index (χ4n) is 4.14. The third kappa shape index (κ3) is 11.0. The van der Waals surface area contributed by atoms with Crippen molar-refractivity contribution in [2.75, 3.05) is 6.61 Å². The van der Waals surface area contributed by atoms with Crippen LogP contribution in [-0.2, 0) is 4.74 Å². The van der Waals surface area contributed by atoms with E-state index in [1.54, 1.807) is 0 Å². The van der Waals surface area contributed by atoms with Gasteiger partial charge in [0.05, 0.1) is 0 Å². The van der Waals surface area contributed by atoms with Gasteiger partial charge in [0.25, 0.3) is 0 Å². The normalized spacial score (nSPS) is 11.3. The first-order valence-electron chi connectivity index (χ1n) is 12.6. The second kappa shape index (κ2) is 17.1. The highest BCUT2D eigenvalue weighted by molar-refractivity contribution is 5.29. The Balaban J connectivity index is 1.49. The fraction of sp³-hybridized carbons (Fsp3) is 0.586. The van der Waals surface area contributed by atoms with Crippen molar-refractivity contribution in [1.82, 2.24) is 0 Å². The lowest BCUT2D eigenvalue weighted by molar-refractivity contribution is 0.0768. The number of benzene rings is 2. The Morgan fingerprint density at radius 2 is 0.867 bits per heavy atom. The fourth-order valence-corrected chi connectivity index (χ4v) is 4.14. The summed E-state index contributed by atoms with van der Waals surface area (Å²) in [4.78, 5) is 0. The summed E-state index contributed by atoms with van der Waals surface area (Å²) in [5.41, 5.74) is 2.49. The Morgan fingerprint density at radius 1 is 0.500 bits per heavy atom. The summed E-state index contributed by atoms with van der Waals surface area (Å²) in [6.45, 7) is 3.13. The van der Waals surface area contributed by atoms with E-state index in [0.29, 0.717) is 0 Å². The molecule has 0 unspecified atom stereocenters. The van der Waals surface area contributed by atoms with E-state index in [0.717, 1.165) is 13.0 Å². The van der Waals surface area contributed by atoms with Crippen LogP contribution in [0.5, 0.6) is 0 Å². The predicted octanol–water partition coefficient (Wildman–Crippen LogP) is 9.27. The number of hydrogen-bond donors (Lipinski definition) is 0. The third-order valence-corrected chi connectivity index (χ3v) is 5.99. The molecular formula is C29H44O. The molecule has 0 amide bonds. The number of ether oxygens (including phenoxy) is 1. The zero-order valence-electron chi connectivity index (χ0n) is 19.4. The summed E-state index contributed by atoms with van der Waals surface area (Å²) in [5, 5.41) is 0. The molecule has 0 radical (unpaired) electrons. The van der Waals surface area contributed by atoms with Crippen molar-refractivity contribution in [3.63, 3.8) is 0 Å². The number of rotatable bonds is 18. The topological polar surface area (TPSA) is 9.23 Å². The second-order valence-corrected chi connectivity index (χ2v) is 8.67. The van der Waals surface area contributed by atoms with Crippen molar-refractivity contribution in [2.45, 2.75) is 103 Å². The van der Waals surface area contributed by atoms with E-state index in [-0.39, 0.29) is 6.10 Å². The maximum Gasteiger partial charge on any atom is 0.108 e. The highest BCUT2D eigenvalue weighted by Gasteiger charge is 2.13. The van der Waals surface area contributed by atoms with Crippen molar-refractivity contribution >= 4 is 0 Å². The van der Waals surface area contributed by atoms with Gasteiger partial charge in [0, 0.05) is 6.61 Å². The van der Waals surface area contributed by atoms with Gasteiger partial charge < -0.3 is 4.74 Å². The van der Waals surface area contributed by atoms with Crippen LogP contribution in [0.3, 0.4) is 0 Å². The van der Waals surface area contributed by atoms with Gasteiger partial charge in [0.15, 0.2) is 0 Å². The van der Waals surface area contributed by atoms with Crippen LogP contribution in [-0.4, -0.2) is 6.61 Å². The summed E-state index contributed by atoms with van der Waals surface area (Å²) in [6, 6.07) is 21.2. The van der Waals surface area contributed by atoms with Gasteiger partial charge in [0.1, 0.15) is 6.10 Å². The molecule has 166 valence electrons. The maximum absolute atomic E-state index is 6.32. The zero-order chi connectivity index (χ0) is 21.1. The van der Waals surface area contributed by atoms with E-state index in [9.17, 15) is 0 Å². The molecular weight excluding hydrogens is 364 g/mol. The monoisotopic (exact) mass is 408 g/mol. The minimum absolute atomic E-state index is 0.0503. The molecule has 0 atom stereocenters. The lowest BCUT2D eigenvalue weighted by Gasteiger charge is -2.19. The highest BCUT2D eigenvalue weighted by atomic mass is 16.5. The molecule has 0 bridgehead atoms. The average Bonchev–Trinajstić information content (AvgIpc) is 2.80. The summed E-state index contributed by atoms with van der Waals surface area (Å²) < 4.78 is 6.32. The van der Waals surface area contributed by atoms with Crippen molar-refractivity contribution < 1.29 is 4.74 Å². The van der Waals surface area contributed by atoms with Gasteiger partial charge >= 0.3 is 0 Å². The van der Waals surface area contributed by atoms with Crippen molar-refractivity contribution in [1.29, 1.82) is 0 Å². The molecule has 0 aromatic heterocycles. The molecule has 0 spiro atoms. The molecule has 30 heavy (non-hydrogen) atoms. The highest BCUT2D eigenvalue weighted by Crippen LogP contribution is 2.26.